The van der Waals surface area contributed by atoms with Crippen LogP contribution in [0.1, 0.15) is 0 Å². The lowest BCUT2D eigenvalue weighted by Gasteiger charge is -2.03. The summed E-state index contributed by atoms with van der Waals surface area (Å²) in [6.45, 7) is 0. The van der Waals surface area contributed by atoms with Crippen LogP contribution in [-0.4, -0.2) is 23.4 Å². The van der Waals surface area contributed by atoms with Crippen LogP contribution in [0.25, 0.3) is 10.9 Å². The number of fused-ring (bicyclic) bond motifs is 1. The van der Waals surface area contributed by atoms with Crippen molar-refractivity contribution in [3.8, 4) is 0 Å². The van der Waals surface area contributed by atoms with Gasteiger partial charge in [0.05, 0.1) is 12.6 Å². The van der Waals surface area contributed by atoms with Crippen LogP contribution >= 0.6 is 0 Å². The van der Waals surface area contributed by atoms with Crippen molar-refractivity contribution < 1.29 is 9.53 Å². The summed E-state index contributed by atoms with van der Waals surface area (Å²) in [6, 6.07) is 7.57. The highest BCUT2D eigenvalue weighted by Crippen LogP contribution is 2.18. The summed E-state index contributed by atoms with van der Waals surface area (Å²) in [6.07, 6.45) is -0.568. The topological polar surface area (TPSA) is 79.0 Å². The Kier molecular flexibility index (Phi) is 2.40. The molecular formula is C9H10N4O2. The van der Waals surface area contributed by atoms with Gasteiger partial charge in [-0.1, -0.05) is 12.1 Å². The maximum atomic E-state index is 10.8. The fourth-order valence-electron chi connectivity index (χ4n) is 1.22. The Morgan fingerprint density at radius 1 is 1.47 bits per heavy atom. The predicted octanol–water partition coefficient (Wildman–Crippen LogP) is 1.25. The molecule has 0 saturated carbocycles. The summed E-state index contributed by atoms with van der Waals surface area (Å²) in [4.78, 5) is 10.8. The third-order valence-corrected chi connectivity index (χ3v) is 1.94. The van der Waals surface area contributed by atoms with Gasteiger partial charge in [0, 0.05) is 5.39 Å². The van der Waals surface area contributed by atoms with Crippen molar-refractivity contribution in [2.75, 3.05) is 12.5 Å². The molecule has 6 heteroatoms. The van der Waals surface area contributed by atoms with E-state index in [4.69, 9.17) is 0 Å². The SMILES string of the molecule is COC(=O)NNc1n[nH]c2ccccc12. The van der Waals surface area contributed by atoms with E-state index in [9.17, 15) is 4.79 Å². The lowest BCUT2D eigenvalue weighted by molar-refractivity contribution is 0.173. The van der Waals surface area contributed by atoms with Gasteiger partial charge >= 0.3 is 6.09 Å². The van der Waals surface area contributed by atoms with E-state index < -0.39 is 6.09 Å². The number of anilines is 1. The molecule has 2 rings (SSSR count). The van der Waals surface area contributed by atoms with Crippen LogP contribution in [0.2, 0.25) is 0 Å². The first-order valence-corrected chi connectivity index (χ1v) is 4.34. The molecule has 1 amide bonds. The predicted molar refractivity (Wildman–Crippen MR) is 55.3 cm³/mol. The number of carbonyl (C=O) groups is 1. The molecule has 0 saturated heterocycles. The summed E-state index contributed by atoms with van der Waals surface area (Å²) in [7, 11) is 1.29. The van der Waals surface area contributed by atoms with Gasteiger partial charge in [-0.05, 0) is 12.1 Å². The van der Waals surface area contributed by atoms with Crippen LogP contribution in [0.3, 0.4) is 0 Å². The van der Waals surface area contributed by atoms with E-state index in [2.05, 4.69) is 25.8 Å². The van der Waals surface area contributed by atoms with E-state index in [1.54, 1.807) is 0 Å². The Bertz CT molecular complexity index is 480. The number of hydrazine groups is 1. The van der Waals surface area contributed by atoms with E-state index in [-0.39, 0.29) is 0 Å². The summed E-state index contributed by atoms with van der Waals surface area (Å²) < 4.78 is 4.41. The summed E-state index contributed by atoms with van der Waals surface area (Å²) in [5.41, 5.74) is 5.88. The highest BCUT2D eigenvalue weighted by atomic mass is 16.5. The molecule has 0 fully saturated rings. The Morgan fingerprint density at radius 3 is 3.07 bits per heavy atom. The number of nitrogens with one attached hydrogen (secondary N) is 3. The molecule has 0 aliphatic carbocycles. The van der Waals surface area contributed by atoms with Gasteiger partial charge in [0.1, 0.15) is 0 Å². The zero-order valence-electron chi connectivity index (χ0n) is 8.07. The normalized spacial score (nSPS) is 9.93. The van der Waals surface area contributed by atoms with Crippen molar-refractivity contribution in [2.45, 2.75) is 0 Å². The second-order valence-corrected chi connectivity index (χ2v) is 2.86. The number of methoxy groups -OCH3 is 1. The molecule has 1 aromatic carbocycles. The average Bonchev–Trinajstić information content (AvgIpc) is 2.69. The van der Waals surface area contributed by atoms with Crippen LogP contribution < -0.4 is 10.9 Å². The molecule has 0 spiro atoms. The molecule has 78 valence electrons. The first kappa shape index (κ1) is 9.32. The zero-order chi connectivity index (χ0) is 10.7. The Labute approximate surface area is 85.6 Å². The van der Waals surface area contributed by atoms with E-state index in [0.717, 1.165) is 10.9 Å². The van der Waals surface area contributed by atoms with Crippen molar-refractivity contribution in [1.82, 2.24) is 15.6 Å². The van der Waals surface area contributed by atoms with Gasteiger partial charge < -0.3 is 4.74 Å². The second-order valence-electron chi connectivity index (χ2n) is 2.86. The fraction of sp³-hybridized carbons (Fsp3) is 0.111. The van der Waals surface area contributed by atoms with Crippen LogP contribution in [0.5, 0.6) is 0 Å². The fourth-order valence-corrected chi connectivity index (χ4v) is 1.22. The molecule has 2 aromatic rings. The summed E-state index contributed by atoms with van der Waals surface area (Å²) in [5.74, 6) is 0.552. The molecule has 1 aromatic heterocycles. The molecular weight excluding hydrogens is 196 g/mol. The van der Waals surface area contributed by atoms with Gasteiger partial charge in [-0.15, -0.1) is 0 Å². The Balaban J connectivity index is 2.18. The molecule has 0 aliphatic rings. The van der Waals surface area contributed by atoms with Gasteiger partial charge in [-0.3, -0.25) is 10.5 Å². The largest absolute Gasteiger partial charge is 0.452 e. The number of rotatable bonds is 2. The number of H-pyrrole nitrogens is 1. The molecule has 6 nitrogen and oxygen atoms in total. The van der Waals surface area contributed by atoms with E-state index in [1.165, 1.54) is 7.11 Å². The lowest BCUT2D eigenvalue weighted by atomic mass is 10.2. The maximum absolute atomic E-state index is 10.8. The number of para-hydroxylation sites is 1. The van der Waals surface area contributed by atoms with Gasteiger partial charge in [0.15, 0.2) is 5.82 Å². The highest BCUT2D eigenvalue weighted by molar-refractivity contribution is 5.90. The third-order valence-electron chi connectivity index (χ3n) is 1.94. The van der Waals surface area contributed by atoms with E-state index in [1.807, 2.05) is 24.3 Å². The van der Waals surface area contributed by atoms with E-state index in [0.29, 0.717) is 5.82 Å². The molecule has 0 unspecified atom stereocenters. The number of nitrogens with zero attached hydrogens (tertiary/aromatic N) is 1. The van der Waals surface area contributed by atoms with E-state index >= 15 is 0 Å². The highest BCUT2D eigenvalue weighted by Gasteiger charge is 2.04. The smallest absolute Gasteiger partial charge is 0.425 e. The summed E-state index contributed by atoms with van der Waals surface area (Å²) >= 11 is 0. The van der Waals surface area contributed by atoms with Gasteiger partial charge in [-0.2, -0.15) is 5.10 Å². The number of aromatic nitrogens is 2. The Morgan fingerprint density at radius 2 is 2.27 bits per heavy atom. The monoisotopic (exact) mass is 206 g/mol. The van der Waals surface area contributed by atoms with Crippen LogP contribution in [0.4, 0.5) is 10.6 Å². The second kappa shape index (κ2) is 3.87. The molecule has 0 atom stereocenters. The van der Waals surface area contributed by atoms with Crippen molar-refractivity contribution in [3.63, 3.8) is 0 Å². The average molecular weight is 206 g/mol. The first-order valence-electron chi connectivity index (χ1n) is 4.34. The number of carbonyl (C=O) groups excluding carboxylic acids is 1. The van der Waals surface area contributed by atoms with Crippen LogP contribution in [-0.2, 0) is 4.74 Å². The number of benzene rings is 1. The van der Waals surface area contributed by atoms with Gasteiger partial charge in [-0.25, -0.2) is 10.2 Å². The Hall–Kier alpha value is -2.24. The molecule has 15 heavy (non-hydrogen) atoms. The van der Waals surface area contributed by atoms with Crippen molar-refractivity contribution in [1.29, 1.82) is 0 Å². The van der Waals surface area contributed by atoms with Crippen LogP contribution in [0.15, 0.2) is 24.3 Å². The molecule has 1 heterocycles. The number of hydrogen-bond acceptors (Lipinski definition) is 4. The molecule has 0 aliphatic heterocycles. The standard InChI is InChI=1S/C9H10N4O2/c1-15-9(14)13-12-8-6-4-2-3-5-7(6)10-11-8/h2-5H,1H3,(H,13,14)(H2,10,11,12). The van der Waals surface area contributed by atoms with Gasteiger partial charge in [0.2, 0.25) is 0 Å². The maximum Gasteiger partial charge on any atom is 0.425 e. The third kappa shape index (κ3) is 1.83. The minimum Gasteiger partial charge on any atom is -0.452 e. The number of aromatic amines is 1. The van der Waals surface area contributed by atoms with Crippen molar-refractivity contribution in [2.24, 2.45) is 0 Å². The number of hydrogen-bond donors (Lipinski definition) is 3. The number of ether oxygens (including phenoxy) is 1. The zero-order valence-corrected chi connectivity index (χ0v) is 8.07. The summed E-state index contributed by atoms with van der Waals surface area (Å²) in [5, 5.41) is 7.72. The van der Waals surface area contributed by atoms with Crippen molar-refractivity contribution in [3.05, 3.63) is 24.3 Å². The molecule has 3 N–H and O–H groups in total. The minimum atomic E-state index is -0.568. The first-order chi connectivity index (χ1) is 7.31. The quantitative estimate of drug-likeness (QED) is 0.646. The number of amides is 1. The molecule has 0 radical (unpaired) electrons. The van der Waals surface area contributed by atoms with Crippen LogP contribution in [0, 0.1) is 0 Å². The van der Waals surface area contributed by atoms with Gasteiger partial charge in [0.25, 0.3) is 0 Å². The lowest BCUT2D eigenvalue weighted by Crippen LogP contribution is -2.29. The molecule has 0 bridgehead atoms. The minimum absolute atomic E-state index is 0.552. The van der Waals surface area contributed by atoms with Crippen molar-refractivity contribution >= 4 is 22.8 Å².